The number of hydrogen-bond acceptors (Lipinski definition) is 1. The average Bonchev–Trinajstić information content (AvgIpc) is 2.38. The third-order valence-electron chi connectivity index (χ3n) is 2.76. The molecule has 92 valence electrons. The molecule has 0 radical (unpaired) electrons. The van der Waals surface area contributed by atoms with Gasteiger partial charge < -0.3 is 5.11 Å². The highest BCUT2D eigenvalue weighted by molar-refractivity contribution is 5.19. The van der Waals surface area contributed by atoms with Gasteiger partial charge in [0.05, 0.1) is 6.10 Å². The van der Waals surface area contributed by atoms with Crippen molar-refractivity contribution in [2.45, 2.75) is 51.6 Å². The zero-order valence-electron chi connectivity index (χ0n) is 10.7. The summed E-state index contributed by atoms with van der Waals surface area (Å²) in [7, 11) is 0. The molecule has 1 atom stereocenters. The summed E-state index contributed by atoms with van der Waals surface area (Å²) in [4.78, 5) is 0. The second kappa shape index (κ2) is 8.84. The van der Waals surface area contributed by atoms with Crippen LogP contribution in [0.3, 0.4) is 0 Å². The van der Waals surface area contributed by atoms with Crippen molar-refractivity contribution in [1.82, 2.24) is 0 Å². The average molecular weight is 230 g/mol. The molecule has 0 bridgehead atoms. The van der Waals surface area contributed by atoms with Gasteiger partial charge in [-0.15, -0.1) is 11.8 Å². The Kier molecular flexibility index (Phi) is 7.18. The van der Waals surface area contributed by atoms with Crippen LogP contribution in [0.2, 0.25) is 0 Å². The summed E-state index contributed by atoms with van der Waals surface area (Å²) < 4.78 is 0. The third-order valence-corrected chi connectivity index (χ3v) is 2.76. The van der Waals surface area contributed by atoms with Gasteiger partial charge in [0.2, 0.25) is 0 Å². The van der Waals surface area contributed by atoms with Crippen LogP contribution in [0.1, 0.15) is 57.1 Å². The van der Waals surface area contributed by atoms with Gasteiger partial charge in [-0.2, -0.15) is 0 Å². The second-order valence-electron chi connectivity index (χ2n) is 4.29. The van der Waals surface area contributed by atoms with Crippen molar-refractivity contribution in [3.05, 3.63) is 35.9 Å². The van der Waals surface area contributed by atoms with Crippen molar-refractivity contribution < 1.29 is 5.11 Å². The first kappa shape index (κ1) is 13.8. The summed E-state index contributed by atoms with van der Waals surface area (Å²) in [5.74, 6) is 6.20. The van der Waals surface area contributed by atoms with Gasteiger partial charge >= 0.3 is 0 Å². The van der Waals surface area contributed by atoms with Crippen molar-refractivity contribution >= 4 is 0 Å². The van der Waals surface area contributed by atoms with Crippen LogP contribution in [-0.4, -0.2) is 5.11 Å². The molecule has 1 heteroatoms. The maximum Gasteiger partial charge on any atom is 0.0899 e. The van der Waals surface area contributed by atoms with Crippen molar-refractivity contribution in [2.75, 3.05) is 0 Å². The number of aliphatic hydroxyl groups is 1. The van der Waals surface area contributed by atoms with E-state index in [1.54, 1.807) is 0 Å². The number of aliphatic hydroxyl groups excluding tert-OH is 1. The number of hydrogen-bond donors (Lipinski definition) is 1. The van der Waals surface area contributed by atoms with E-state index in [1.165, 1.54) is 25.7 Å². The predicted molar refractivity (Wildman–Crippen MR) is 72.6 cm³/mol. The Morgan fingerprint density at radius 1 is 1.06 bits per heavy atom. The Morgan fingerprint density at radius 2 is 1.82 bits per heavy atom. The highest BCUT2D eigenvalue weighted by atomic mass is 16.3. The van der Waals surface area contributed by atoms with Crippen LogP contribution in [0.4, 0.5) is 0 Å². The molecule has 0 saturated heterocycles. The fourth-order valence-corrected chi connectivity index (χ4v) is 1.69. The largest absolute Gasteiger partial charge is 0.387 e. The molecule has 1 aromatic carbocycles. The van der Waals surface area contributed by atoms with E-state index in [4.69, 9.17) is 0 Å². The van der Waals surface area contributed by atoms with E-state index in [0.717, 1.165) is 12.0 Å². The molecule has 0 amide bonds. The van der Waals surface area contributed by atoms with E-state index in [1.807, 2.05) is 30.3 Å². The fourth-order valence-electron chi connectivity index (χ4n) is 1.69. The summed E-state index contributed by atoms with van der Waals surface area (Å²) in [5, 5.41) is 9.86. The second-order valence-corrected chi connectivity index (χ2v) is 4.29. The van der Waals surface area contributed by atoms with E-state index < -0.39 is 6.10 Å². The van der Waals surface area contributed by atoms with Crippen molar-refractivity contribution in [1.29, 1.82) is 0 Å². The van der Waals surface area contributed by atoms with E-state index in [2.05, 4.69) is 18.8 Å². The zero-order chi connectivity index (χ0) is 12.3. The number of rotatable bonds is 6. The highest BCUT2D eigenvalue weighted by Crippen LogP contribution is 2.14. The normalized spacial score (nSPS) is 11.6. The van der Waals surface area contributed by atoms with Crippen LogP contribution in [0.5, 0.6) is 0 Å². The fraction of sp³-hybridized carbons (Fsp3) is 0.500. The van der Waals surface area contributed by atoms with Gasteiger partial charge in [-0.3, -0.25) is 0 Å². The van der Waals surface area contributed by atoms with Gasteiger partial charge in [-0.1, -0.05) is 56.5 Å². The third kappa shape index (κ3) is 6.14. The van der Waals surface area contributed by atoms with Crippen LogP contribution in [0.25, 0.3) is 0 Å². The topological polar surface area (TPSA) is 20.2 Å². The molecule has 1 unspecified atom stereocenters. The first-order valence-corrected chi connectivity index (χ1v) is 6.53. The maximum absolute atomic E-state index is 9.86. The summed E-state index contributed by atoms with van der Waals surface area (Å²) in [6.45, 7) is 2.21. The van der Waals surface area contributed by atoms with Crippen molar-refractivity contribution in [3.63, 3.8) is 0 Å². The van der Waals surface area contributed by atoms with E-state index in [9.17, 15) is 5.11 Å². The van der Waals surface area contributed by atoms with Gasteiger partial charge in [0.1, 0.15) is 0 Å². The summed E-state index contributed by atoms with van der Waals surface area (Å²) in [6.07, 6.45) is 6.07. The van der Waals surface area contributed by atoms with E-state index >= 15 is 0 Å². The lowest BCUT2D eigenvalue weighted by molar-refractivity contribution is 0.184. The Hall–Kier alpha value is -1.26. The Labute approximate surface area is 105 Å². The highest BCUT2D eigenvalue weighted by Gasteiger charge is 2.03. The minimum atomic E-state index is -0.445. The smallest absolute Gasteiger partial charge is 0.0899 e. The molecule has 0 aliphatic carbocycles. The van der Waals surface area contributed by atoms with Gasteiger partial charge in [0.25, 0.3) is 0 Å². The lowest BCUT2D eigenvalue weighted by atomic mass is 10.1. The molecule has 1 N–H and O–H groups in total. The van der Waals surface area contributed by atoms with Gasteiger partial charge in [0.15, 0.2) is 0 Å². The van der Waals surface area contributed by atoms with Crippen molar-refractivity contribution in [2.24, 2.45) is 0 Å². The molecule has 0 spiro atoms. The number of benzene rings is 1. The quantitative estimate of drug-likeness (QED) is 0.576. The lowest BCUT2D eigenvalue weighted by Gasteiger charge is -2.05. The van der Waals surface area contributed by atoms with Crippen LogP contribution in [0, 0.1) is 11.8 Å². The minimum Gasteiger partial charge on any atom is -0.387 e. The Bertz CT molecular complexity index is 345. The molecule has 1 rings (SSSR count). The van der Waals surface area contributed by atoms with Gasteiger partial charge in [-0.25, -0.2) is 0 Å². The van der Waals surface area contributed by atoms with Crippen molar-refractivity contribution in [3.8, 4) is 11.8 Å². The Morgan fingerprint density at radius 3 is 2.53 bits per heavy atom. The zero-order valence-corrected chi connectivity index (χ0v) is 10.7. The van der Waals surface area contributed by atoms with Gasteiger partial charge in [0, 0.05) is 12.8 Å². The molecule has 0 heterocycles. The summed E-state index contributed by atoms with van der Waals surface area (Å²) in [6, 6.07) is 9.71. The standard InChI is InChI=1S/C16H22O/c1-2-3-4-5-6-7-11-14-16(17)15-12-9-8-10-13-15/h8-10,12-13,16-17H,2-6,14H2,1H3. The minimum absolute atomic E-state index is 0.445. The van der Waals surface area contributed by atoms with E-state index in [0.29, 0.717) is 6.42 Å². The molecular weight excluding hydrogens is 208 g/mol. The van der Waals surface area contributed by atoms with Crippen LogP contribution in [0.15, 0.2) is 30.3 Å². The van der Waals surface area contributed by atoms with Crippen LogP contribution >= 0.6 is 0 Å². The maximum atomic E-state index is 9.86. The molecule has 0 saturated carbocycles. The molecular formula is C16H22O. The van der Waals surface area contributed by atoms with Gasteiger partial charge in [-0.05, 0) is 12.0 Å². The van der Waals surface area contributed by atoms with Crippen LogP contribution in [-0.2, 0) is 0 Å². The predicted octanol–water partition coefficient (Wildman–Crippen LogP) is 4.08. The molecule has 0 aliphatic rings. The monoisotopic (exact) mass is 230 g/mol. The Balaban J connectivity index is 2.20. The van der Waals surface area contributed by atoms with Crippen LogP contribution < -0.4 is 0 Å². The number of unbranched alkanes of at least 4 members (excludes halogenated alkanes) is 4. The molecule has 17 heavy (non-hydrogen) atoms. The molecule has 0 fully saturated rings. The molecule has 0 aliphatic heterocycles. The molecule has 1 aromatic rings. The summed E-state index contributed by atoms with van der Waals surface area (Å²) in [5.41, 5.74) is 0.952. The summed E-state index contributed by atoms with van der Waals surface area (Å²) >= 11 is 0. The van der Waals surface area contributed by atoms with E-state index in [-0.39, 0.29) is 0 Å². The SMILES string of the molecule is CCCCCCC#CCC(O)c1ccccc1. The first-order valence-electron chi connectivity index (χ1n) is 6.53. The first-order chi connectivity index (χ1) is 8.34. The molecule has 0 aromatic heterocycles. The molecule has 1 nitrogen and oxygen atoms in total. The lowest BCUT2D eigenvalue weighted by Crippen LogP contribution is -1.94.